The van der Waals surface area contributed by atoms with E-state index in [1.54, 1.807) is 7.11 Å². The van der Waals surface area contributed by atoms with Crippen LogP contribution in [-0.4, -0.2) is 19.5 Å². The largest absolute Gasteiger partial charge is 0.384 e. The SMILES string of the molecule is C/C=C(\C)C(=O)CCOC. The quantitative estimate of drug-likeness (QED) is 0.557. The molecule has 0 N–H and O–H groups in total. The number of Topliss-reactive ketones (excluding diaryl/α,β-unsaturated/α-hetero) is 1. The van der Waals surface area contributed by atoms with Gasteiger partial charge < -0.3 is 4.74 Å². The van der Waals surface area contributed by atoms with E-state index in [0.29, 0.717) is 13.0 Å². The Hall–Kier alpha value is -0.630. The molecule has 58 valence electrons. The third-order valence-electron chi connectivity index (χ3n) is 1.41. The molecule has 0 aromatic heterocycles. The summed E-state index contributed by atoms with van der Waals surface area (Å²) in [5.74, 6) is 0.171. The van der Waals surface area contributed by atoms with Gasteiger partial charge >= 0.3 is 0 Å². The summed E-state index contributed by atoms with van der Waals surface area (Å²) in [4.78, 5) is 11.0. The lowest BCUT2D eigenvalue weighted by atomic mass is 10.1. The van der Waals surface area contributed by atoms with E-state index >= 15 is 0 Å². The summed E-state index contributed by atoms with van der Waals surface area (Å²) in [5.41, 5.74) is 0.817. The van der Waals surface area contributed by atoms with Gasteiger partial charge in [0.05, 0.1) is 6.61 Å². The Morgan fingerprint density at radius 2 is 2.20 bits per heavy atom. The van der Waals surface area contributed by atoms with Crippen LogP contribution in [0.15, 0.2) is 11.6 Å². The monoisotopic (exact) mass is 142 g/mol. The first kappa shape index (κ1) is 9.37. The third-order valence-corrected chi connectivity index (χ3v) is 1.41. The summed E-state index contributed by atoms with van der Waals surface area (Å²) < 4.78 is 4.76. The Morgan fingerprint density at radius 3 is 2.60 bits per heavy atom. The average molecular weight is 142 g/mol. The van der Waals surface area contributed by atoms with Crippen LogP contribution >= 0.6 is 0 Å². The molecule has 10 heavy (non-hydrogen) atoms. The van der Waals surface area contributed by atoms with Gasteiger partial charge in [-0.15, -0.1) is 0 Å². The molecule has 0 aliphatic rings. The van der Waals surface area contributed by atoms with Crippen molar-refractivity contribution in [3.8, 4) is 0 Å². The third kappa shape index (κ3) is 3.41. The van der Waals surface area contributed by atoms with Crippen molar-refractivity contribution in [3.05, 3.63) is 11.6 Å². The summed E-state index contributed by atoms with van der Waals surface area (Å²) >= 11 is 0. The second-order valence-electron chi connectivity index (χ2n) is 2.14. The smallest absolute Gasteiger partial charge is 0.160 e. The molecule has 0 aliphatic heterocycles. The van der Waals surface area contributed by atoms with Crippen LogP contribution in [0, 0.1) is 0 Å². The molecule has 0 atom stereocenters. The average Bonchev–Trinajstić information content (AvgIpc) is 1.98. The molecule has 0 saturated carbocycles. The van der Waals surface area contributed by atoms with Crippen LogP contribution in [-0.2, 0) is 9.53 Å². The van der Waals surface area contributed by atoms with E-state index in [-0.39, 0.29) is 5.78 Å². The van der Waals surface area contributed by atoms with Crippen molar-refractivity contribution in [2.75, 3.05) is 13.7 Å². The molecule has 0 amide bonds. The number of rotatable bonds is 4. The Labute approximate surface area is 61.9 Å². The number of ketones is 1. The Kier molecular flexibility index (Phi) is 4.85. The second-order valence-corrected chi connectivity index (χ2v) is 2.14. The first-order chi connectivity index (χ1) is 4.72. The second kappa shape index (κ2) is 5.18. The molecular formula is C8H14O2. The minimum atomic E-state index is 0.171. The molecule has 0 radical (unpaired) electrons. The number of allylic oxidation sites excluding steroid dienone is 2. The number of ether oxygens (including phenoxy) is 1. The van der Waals surface area contributed by atoms with Crippen molar-refractivity contribution in [3.63, 3.8) is 0 Å². The number of hydrogen-bond donors (Lipinski definition) is 0. The fourth-order valence-corrected chi connectivity index (χ4v) is 0.553. The zero-order valence-electron chi connectivity index (χ0n) is 6.81. The lowest BCUT2D eigenvalue weighted by Crippen LogP contribution is -2.03. The van der Waals surface area contributed by atoms with Crippen molar-refractivity contribution in [2.45, 2.75) is 20.3 Å². The van der Waals surface area contributed by atoms with Crippen LogP contribution in [0.3, 0.4) is 0 Å². The molecule has 0 unspecified atom stereocenters. The fraction of sp³-hybridized carbons (Fsp3) is 0.625. The number of carbonyl (C=O) groups is 1. The standard InChI is InChI=1S/C8H14O2/c1-4-7(2)8(9)5-6-10-3/h4H,5-6H2,1-3H3/b7-4+. The van der Waals surface area contributed by atoms with E-state index in [1.807, 2.05) is 19.9 Å². The highest BCUT2D eigenvalue weighted by atomic mass is 16.5. The van der Waals surface area contributed by atoms with E-state index in [2.05, 4.69) is 0 Å². The summed E-state index contributed by atoms with van der Waals surface area (Å²) in [5, 5.41) is 0. The lowest BCUT2D eigenvalue weighted by molar-refractivity contribution is -0.116. The predicted molar refractivity (Wildman–Crippen MR) is 40.9 cm³/mol. The molecule has 0 aromatic rings. The zero-order valence-corrected chi connectivity index (χ0v) is 6.81. The van der Waals surface area contributed by atoms with Crippen LogP contribution in [0.2, 0.25) is 0 Å². The van der Waals surface area contributed by atoms with E-state index in [9.17, 15) is 4.79 Å². The molecule has 0 heterocycles. The van der Waals surface area contributed by atoms with Crippen LogP contribution in [0.1, 0.15) is 20.3 Å². The van der Waals surface area contributed by atoms with Crippen LogP contribution < -0.4 is 0 Å². The van der Waals surface area contributed by atoms with Gasteiger partial charge in [-0.1, -0.05) is 6.08 Å². The Balaban J connectivity index is 3.63. The van der Waals surface area contributed by atoms with Gasteiger partial charge in [-0.2, -0.15) is 0 Å². The van der Waals surface area contributed by atoms with Crippen molar-refractivity contribution in [1.29, 1.82) is 0 Å². The maximum Gasteiger partial charge on any atom is 0.160 e. The molecular weight excluding hydrogens is 128 g/mol. The van der Waals surface area contributed by atoms with Crippen LogP contribution in [0.4, 0.5) is 0 Å². The fourth-order valence-electron chi connectivity index (χ4n) is 0.553. The van der Waals surface area contributed by atoms with Crippen molar-refractivity contribution in [2.24, 2.45) is 0 Å². The van der Waals surface area contributed by atoms with Gasteiger partial charge in [0.2, 0.25) is 0 Å². The molecule has 0 saturated heterocycles. The van der Waals surface area contributed by atoms with E-state index in [1.165, 1.54) is 0 Å². The first-order valence-electron chi connectivity index (χ1n) is 3.37. The number of carbonyl (C=O) groups excluding carboxylic acids is 1. The van der Waals surface area contributed by atoms with Crippen LogP contribution in [0.5, 0.6) is 0 Å². The maximum atomic E-state index is 11.0. The highest BCUT2D eigenvalue weighted by Crippen LogP contribution is 1.97. The van der Waals surface area contributed by atoms with Gasteiger partial charge in [-0.25, -0.2) is 0 Å². The van der Waals surface area contributed by atoms with Gasteiger partial charge in [0, 0.05) is 13.5 Å². The Morgan fingerprint density at radius 1 is 1.60 bits per heavy atom. The van der Waals surface area contributed by atoms with Crippen molar-refractivity contribution >= 4 is 5.78 Å². The summed E-state index contributed by atoms with van der Waals surface area (Å²) in [6.07, 6.45) is 2.31. The summed E-state index contributed by atoms with van der Waals surface area (Å²) in [6, 6.07) is 0. The highest BCUT2D eigenvalue weighted by molar-refractivity contribution is 5.94. The lowest BCUT2D eigenvalue weighted by Gasteiger charge is -1.97. The molecule has 0 fully saturated rings. The van der Waals surface area contributed by atoms with Gasteiger partial charge in [0.25, 0.3) is 0 Å². The number of hydrogen-bond acceptors (Lipinski definition) is 2. The molecule has 0 spiro atoms. The number of methoxy groups -OCH3 is 1. The van der Waals surface area contributed by atoms with Crippen molar-refractivity contribution in [1.82, 2.24) is 0 Å². The highest BCUT2D eigenvalue weighted by Gasteiger charge is 2.00. The van der Waals surface area contributed by atoms with Crippen LogP contribution in [0.25, 0.3) is 0 Å². The first-order valence-corrected chi connectivity index (χ1v) is 3.37. The van der Waals surface area contributed by atoms with Gasteiger partial charge in [-0.05, 0) is 19.4 Å². The zero-order chi connectivity index (χ0) is 7.98. The molecule has 2 nitrogen and oxygen atoms in total. The summed E-state index contributed by atoms with van der Waals surface area (Å²) in [7, 11) is 1.60. The maximum absolute atomic E-state index is 11.0. The van der Waals surface area contributed by atoms with E-state index in [4.69, 9.17) is 4.74 Å². The predicted octanol–water partition coefficient (Wildman–Crippen LogP) is 1.56. The van der Waals surface area contributed by atoms with Gasteiger partial charge in [0.1, 0.15) is 0 Å². The normalized spacial score (nSPS) is 11.7. The molecule has 0 aliphatic carbocycles. The van der Waals surface area contributed by atoms with E-state index < -0.39 is 0 Å². The van der Waals surface area contributed by atoms with Crippen molar-refractivity contribution < 1.29 is 9.53 Å². The topological polar surface area (TPSA) is 26.3 Å². The Bertz CT molecular complexity index is 136. The van der Waals surface area contributed by atoms with Gasteiger partial charge in [-0.3, -0.25) is 4.79 Å². The minimum absolute atomic E-state index is 0.171. The molecule has 0 aromatic carbocycles. The minimum Gasteiger partial charge on any atom is -0.384 e. The molecule has 2 heteroatoms. The van der Waals surface area contributed by atoms with Gasteiger partial charge in [0.15, 0.2) is 5.78 Å². The summed E-state index contributed by atoms with van der Waals surface area (Å²) in [6.45, 7) is 4.20. The molecule has 0 rings (SSSR count). The van der Waals surface area contributed by atoms with E-state index in [0.717, 1.165) is 5.57 Å². The molecule has 0 bridgehead atoms.